The molecule has 3 rings (SSSR count). The highest BCUT2D eigenvalue weighted by Crippen LogP contribution is 2.28. The minimum Gasteiger partial charge on any atom is -0.382 e. The van der Waals surface area contributed by atoms with Crippen molar-refractivity contribution in [2.24, 2.45) is 0 Å². The fourth-order valence-corrected chi connectivity index (χ4v) is 2.90. The maximum Gasteiger partial charge on any atom is 0.145 e. The first-order valence-corrected chi connectivity index (χ1v) is 7.24. The Morgan fingerprint density at radius 1 is 1.44 bits per heavy atom. The fourth-order valence-electron chi connectivity index (χ4n) is 2.17. The summed E-state index contributed by atoms with van der Waals surface area (Å²) >= 11 is 1.84. The van der Waals surface area contributed by atoms with E-state index in [2.05, 4.69) is 27.5 Å². The van der Waals surface area contributed by atoms with Gasteiger partial charge < -0.3 is 5.73 Å². The van der Waals surface area contributed by atoms with Crippen molar-refractivity contribution in [2.75, 3.05) is 12.3 Å². The van der Waals surface area contributed by atoms with Gasteiger partial charge in [0.1, 0.15) is 5.82 Å². The van der Waals surface area contributed by atoms with Gasteiger partial charge in [-0.2, -0.15) is 5.10 Å². The van der Waals surface area contributed by atoms with Crippen LogP contribution in [0.25, 0.3) is 0 Å². The van der Waals surface area contributed by atoms with Crippen LogP contribution >= 0.6 is 11.3 Å². The number of hydrogen-bond donors (Lipinski definition) is 1. The molecule has 5 heteroatoms. The highest BCUT2D eigenvalue weighted by atomic mass is 32.1. The smallest absolute Gasteiger partial charge is 0.145 e. The van der Waals surface area contributed by atoms with Gasteiger partial charge in [0, 0.05) is 30.2 Å². The predicted molar refractivity (Wildman–Crippen MR) is 74.4 cm³/mol. The molecule has 0 saturated heterocycles. The highest BCUT2D eigenvalue weighted by molar-refractivity contribution is 7.09. The normalized spacial score (nSPS) is 15.4. The Kier molecular flexibility index (Phi) is 3.34. The Bertz CT molecular complexity index is 487. The Labute approximate surface area is 111 Å². The van der Waals surface area contributed by atoms with Gasteiger partial charge in [0.15, 0.2) is 0 Å². The van der Waals surface area contributed by atoms with Gasteiger partial charge in [0.05, 0.1) is 6.54 Å². The Morgan fingerprint density at radius 3 is 2.94 bits per heavy atom. The third-order valence-corrected chi connectivity index (χ3v) is 4.14. The number of nitrogens with two attached hydrogens (primary N) is 1. The molecule has 18 heavy (non-hydrogen) atoms. The number of hydrogen-bond acceptors (Lipinski definition) is 4. The topological polar surface area (TPSA) is 47.1 Å². The first kappa shape index (κ1) is 11.7. The second-order valence-electron chi connectivity index (χ2n) is 4.78. The summed E-state index contributed by atoms with van der Waals surface area (Å²) in [5.41, 5.74) is 5.62. The van der Waals surface area contributed by atoms with E-state index in [1.807, 2.05) is 28.3 Å². The van der Waals surface area contributed by atoms with E-state index < -0.39 is 0 Å². The Hall–Kier alpha value is -1.33. The minimum absolute atomic E-state index is 0.603. The number of thiophene rings is 1. The molecular weight excluding hydrogens is 244 g/mol. The summed E-state index contributed by atoms with van der Waals surface area (Å²) in [5.74, 6) is 0.603. The Morgan fingerprint density at radius 2 is 2.33 bits per heavy atom. The van der Waals surface area contributed by atoms with Gasteiger partial charge in [-0.3, -0.25) is 9.58 Å². The lowest BCUT2D eigenvalue weighted by atomic mass is 10.4. The summed E-state index contributed by atoms with van der Waals surface area (Å²) in [4.78, 5) is 4.01. The van der Waals surface area contributed by atoms with Gasteiger partial charge in [-0.1, -0.05) is 6.07 Å². The average molecular weight is 262 g/mol. The maximum absolute atomic E-state index is 5.62. The molecule has 0 radical (unpaired) electrons. The van der Waals surface area contributed by atoms with Crippen molar-refractivity contribution >= 4 is 17.2 Å². The van der Waals surface area contributed by atoms with Gasteiger partial charge in [0.2, 0.25) is 0 Å². The van der Waals surface area contributed by atoms with E-state index in [0.717, 1.165) is 25.7 Å². The molecule has 1 fully saturated rings. The fraction of sp³-hybridized carbons (Fsp3) is 0.462. The molecule has 0 unspecified atom stereocenters. The van der Waals surface area contributed by atoms with Gasteiger partial charge in [-0.25, -0.2) is 0 Å². The van der Waals surface area contributed by atoms with E-state index >= 15 is 0 Å². The molecule has 0 spiro atoms. The minimum atomic E-state index is 0.603. The largest absolute Gasteiger partial charge is 0.382 e. The molecule has 96 valence electrons. The van der Waals surface area contributed by atoms with E-state index in [4.69, 9.17) is 5.73 Å². The molecule has 0 aliphatic heterocycles. The van der Waals surface area contributed by atoms with Crippen LogP contribution in [0.4, 0.5) is 5.82 Å². The van der Waals surface area contributed by atoms with Crippen LogP contribution in [0, 0.1) is 0 Å². The zero-order valence-electron chi connectivity index (χ0n) is 10.3. The van der Waals surface area contributed by atoms with Crippen LogP contribution in [0.15, 0.2) is 29.8 Å². The molecule has 4 nitrogen and oxygen atoms in total. The zero-order chi connectivity index (χ0) is 12.4. The summed E-state index contributed by atoms with van der Waals surface area (Å²) in [5, 5.41) is 6.38. The maximum atomic E-state index is 5.62. The van der Waals surface area contributed by atoms with E-state index in [0.29, 0.717) is 5.82 Å². The molecule has 2 aromatic rings. The number of nitrogens with zero attached hydrogens (tertiary/aromatic N) is 3. The lowest BCUT2D eigenvalue weighted by Gasteiger charge is -2.21. The molecule has 2 aromatic heterocycles. The molecule has 0 atom stereocenters. The van der Waals surface area contributed by atoms with Crippen LogP contribution < -0.4 is 5.73 Å². The molecular formula is C13H18N4S. The van der Waals surface area contributed by atoms with Crippen molar-refractivity contribution in [1.29, 1.82) is 0 Å². The van der Waals surface area contributed by atoms with Crippen molar-refractivity contribution < 1.29 is 0 Å². The van der Waals surface area contributed by atoms with Gasteiger partial charge in [-0.05, 0) is 30.4 Å². The summed E-state index contributed by atoms with van der Waals surface area (Å²) in [6, 6.07) is 6.96. The highest BCUT2D eigenvalue weighted by Gasteiger charge is 2.28. The molecule has 2 heterocycles. The molecule has 1 saturated carbocycles. The van der Waals surface area contributed by atoms with Crippen molar-refractivity contribution in [2.45, 2.75) is 32.0 Å². The Balaban J connectivity index is 1.57. The van der Waals surface area contributed by atoms with Crippen molar-refractivity contribution in [1.82, 2.24) is 14.7 Å². The van der Waals surface area contributed by atoms with Crippen LogP contribution in [-0.2, 0) is 13.1 Å². The average Bonchev–Trinajstić information content (AvgIpc) is 2.92. The third kappa shape index (κ3) is 2.91. The third-order valence-electron chi connectivity index (χ3n) is 3.28. The molecule has 0 amide bonds. The SMILES string of the molecule is Nc1ccn(CCN(Cc2cccs2)C2CC2)n1. The van der Waals surface area contributed by atoms with Gasteiger partial charge in [0.25, 0.3) is 0 Å². The molecule has 0 aromatic carbocycles. The van der Waals surface area contributed by atoms with Crippen LogP contribution in [-0.4, -0.2) is 27.3 Å². The van der Waals surface area contributed by atoms with Gasteiger partial charge >= 0.3 is 0 Å². The van der Waals surface area contributed by atoms with E-state index in [1.165, 1.54) is 17.7 Å². The number of aromatic nitrogens is 2. The zero-order valence-corrected chi connectivity index (χ0v) is 11.1. The second-order valence-corrected chi connectivity index (χ2v) is 5.82. The lowest BCUT2D eigenvalue weighted by Crippen LogP contribution is -2.29. The van der Waals surface area contributed by atoms with Crippen LogP contribution in [0.3, 0.4) is 0 Å². The first-order valence-electron chi connectivity index (χ1n) is 6.36. The molecule has 1 aliphatic rings. The first-order chi connectivity index (χ1) is 8.81. The predicted octanol–water partition coefficient (Wildman–Crippen LogP) is 2.19. The number of rotatable bonds is 6. The van der Waals surface area contributed by atoms with Crippen molar-refractivity contribution in [3.8, 4) is 0 Å². The second kappa shape index (κ2) is 5.12. The van der Waals surface area contributed by atoms with Crippen LogP contribution in [0.1, 0.15) is 17.7 Å². The van der Waals surface area contributed by atoms with Crippen LogP contribution in [0.5, 0.6) is 0 Å². The molecule has 0 bridgehead atoms. The lowest BCUT2D eigenvalue weighted by molar-refractivity contribution is 0.242. The molecule has 2 N–H and O–H groups in total. The number of anilines is 1. The quantitative estimate of drug-likeness (QED) is 0.868. The summed E-state index contributed by atoms with van der Waals surface area (Å²) in [6.45, 7) is 3.03. The van der Waals surface area contributed by atoms with E-state index in [1.54, 1.807) is 0 Å². The van der Waals surface area contributed by atoms with Crippen molar-refractivity contribution in [3.05, 3.63) is 34.7 Å². The van der Waals surface area contributed by atoms with Crippen LogP contribution in [0.2, 0.25) is 0 Å². The summed E-state index contributed by atoms with van der Waals surface area (Å²) < 4.78 is 1.93. The van der Waals surface area contributed by atoms with E-state index in [9.17, 15) is 0 Å². The van der Waals surface area contributed by atoms with E-state index in [-0.39, 0.29) is 0 Å². The summed E-state index contributed by atoms with van der Waals surface area (Å²) in [7, 11) is 0. The van der Waals surface area contributed by atoms with Gasteiger partial charge in [-0.15, -0.1) is 11.3 Å². The standard InChI is InChI=1S/C13H18N4S/c14-13-5-6-17(15-13)8-7-16(11-3-4-11)10-12-2-1-9-18-12/h1-2,5-6,9,11H,3-4,7-8,10H2,(H2,14,15). The van der Waals surface area contributed by atoms with Crippen molar-refractivity contribution in [3.63, 3.8) is 0 Å². The monoisotopic (exact) mass is 262 g/mol. The number of nitrogen functional groups attached to an aromatic ring is 1. The summed E-state index contributed by atoms with van der Waals surface area (Å²) in [6.07, 6.45) is 4.63. The molecule has 1 aliphatic carbocycles.